The number of benzene rings is 2. The summed E-state index contributed by atoms with van der Waals surface area (Å²) in [6.07, 6.45) is 1.59. The van der Waals surface area contributed by atoms with Crippen molar-refractivity contribution in [1.29, 1.82) is 0 Å². The molecule has 42 heavy (non-hydrogen) atoms. The number of Topliss-reactive ketones (excluding diaryl/α,β-unsaturated/α-hetero) is 2. The molecule has 0 unspecified atom stereocenters. The van der Waals surface area contributed by atoms with Crippen LogP contribution in [-0.2, 0) is 21.0 Å². The maximum Gasteiger partial charge on any atom is 0.305 e. The smallest absolute Gasteiger partial charge is 0.305 e. The summed E-state index contributed by atoms with van der Waals surface area (Å²) in [5.41, 5.74) is 3.29. The molecule has 0 amide bonds. The van der Waals surface area contributed by atoms with Crippen LogP contribution in [0.2, 0.25) is 15.1 Å². The summed E-state index contributed by atoms with van der Waals surface area (Å²) >= 11 is 19.4. The van der Waals surface area contributed by atoms with E-state index in [0.29, 0.717) is 58.2 Å². The summed E-state index contributed by atoms with van der Waals surface area (Å²) in [5.74, 6) is -1.47. The summed E-state index contributed by atoms with van der Waals surface area (Å²) in [7, 11) is 0. The van der Waals surface area contributed by atoms with Crippen molar-refractivity contribution in [3.63, 3.8) is 0 Å². The molecule has 0 bridgehead atoms. The molecular formula is C33H34Cl3NO5. The molecule has 0 saturated heterocycles. The van der Waals surface area contributed by atoms with E-state index in [0.717, 1.165) is 17.0 Å². The van der Waals surface area contributed by atoms with Crippen LogP contribution in [0.25, 0.3) is 0 Å². The summed E-state index contributed by atoms with van der Waals surface area (Å²) < 4.78 is 6.33. The van der Waals surface area contributed by atoms with Crippen LogP contribution >= 0.6 is 34.8 Å². The highest BCUT2D eigenvalue weighted by Crippen LogP contribution is 2.56. The lowest BCUT2D eigenvalue weighted by Crippen LogP contribution is -2.45. The number of hydrogen-bond donors (Lipinski definition) is 1. The van der Waals surface area contributed by atoms with Crippen molar-refractivity contribution in [2.45, 2.75) is 72.3 Å². The van der Waals surface area contributed by atoms with E-state index in [4.69, 9.17) is 39.5 Å². The van der Waals surface area contributed by atoms with Crippen molar-refractivity contribution < 1.29 is 24.2 Å². The Morgan fingerprint density at radius 1 is 0.881 bits per heavy atom. The molecule has 1 heterocycles. The monoisotopic (exact) mass is 629 g/mol. The van der Waals surface area contributed by atoms with E-state index in [1.54, 1.807) is 24.3 Å². The fraction of sp³-hybridized carbons (Fsp3) is 0.424. The first-order valence-electron chi connectivity index (χ1n) is 14.0. The molecule has 6 nitrogen and oxygen atoms in total. The zero-order chi connectivity index (χ0) is 30.6. The van der Waals surface area contributed by atoms with Gasteiger partial charge >= 0.3 is 5.97 Å². The third-order valence-electron chi connectivity index (χ3n) is 8.22. The highest BCUT2D eigenvalue weighted by molar-refractivity contribution is 6.35. The van der Waals surface area contributed by atoms with Gasteiger partial charge in [-0.1, -0.05) is 74.6 Å². The Balaban J connectivity index is 1.73. The predicted octanol–water partition coefficient (Wildman–Crippen LogP) is 8.39. The largest absolute Gasteiger partial charge is 0.487 e. The minimum absolute atomic E-state index is 0.0736. The van der Waals surface area contributed by atoms with E-state index in [-0.39, 0.29) is 47.0 Å². The van der Waals surface area contributed by atoms with Crippen LogP contribution in [0, 0.1) is 10.8 Å². The van der Waals surface area contributed by atoms with Gasteiger partial charge in [0.25, 0.3) is 0 Å². The fourth-order valence-electron chi connectivity index (χ4n) is 6.52. The highest BCUT2D eigenvalue weighted by Gasteiger charge is 2.49. The second-order valence-corrected chi connectivity index (χ2v) is 14.3. The van der Waals surface area contributed by atoms with Crippen molar-refractivity contribution in [2.75, 3.05) is 6.54 Å². The van der Waals surface area contributed by atoms with Gasteiger partial charge in [-0.05, 0) is 53.5 Å². The Morgan fingerprint density at radius 2 is 1.43 bits per heavy atom. The molecule has 1 N–H and O–H groups in total. The highest BCUT2D eigenvalue weighted by atomic mass is 35.5. The number of carboxylic acid groups (broad SMARTS) is 1. The minimum Gasteiger partial charge on any atom is -0.487 e. The topological polar surface area (TPSA) is 83.9 Å². The Morgan fingerprint density at radius 3 is 1.95 bits per heavy atom. The molecule has 0 spiro atoms. The normalized spacial score (nSPS) is 20.0. The first kappa shape index (κ1) is 30.7. The second kappa shape index (κ2) is 11.4. The van der Waals surface area contributed by atoms with Crippen molar-refractivity contribution in [1.82, 2.24) is 4.90 Å². The summed E-state index contributed by atoms with van der Waals surface area (Å²) in [6, 6.07) is 10.6. The first-order valence-corrected chi connectivity index (χ1v) is 15.2. The summed E-state index contributed by atoms with van der Waals surface area (Å²) in [6.45, 7) is 8.50. The lowest BCUT2D eigenvalue weighted by atomic mass is 9.63. The van der Waals surface area contributed by atoms with Crippen LogP contribution < -0.4 is 4.74 Å². The van der Waals surface area contributed by atoms with E-state index in [2.05, 4.69) is 0 Å². The van der Waals surface area contributed by atoms with Gasteiger partial charge in [-0.15, -0.1) is 0 Å². The van der Waals surface area contributed by atoms with Crippen molar-refractivity contribution in [3.05, 3.63) is 85.1 Å². The van der Waals surface area contributed by atoms with E-state index < -0.39 is 11.9 Å². The molecule has 3 aliphatic rings. The van der Waals surface area contributed by atoms with Crippen molar-refractivity contribution >= 4 is 52.3 Å². The lowest BCUT2D eigenvalue weighted by molar-refractivity contribution is -0.137. The van der Waals surface area contributed by atoms with E-state index in [1.807, 2.05) is 44.7 Å². The van der Waals surface area contributed by atoms with E-state index in [1.165, 1.54) is 0 Å². The number of allylic oxidation sites excluding steroid dienone is 4. The molecule has 222 valence electrons. The second-order valence-electron chi connectivity index (χ2n) is 13.1. The molecule has 0 fully saturated rings. The number of ketones is 2. The maximum atomic E-state index is 14.1. The van der Waals surface area contributed by atoms with Crippen molar-refractivity contribution in [3.8, 4) is 5.75 Å². The van der Waals surface area contributed by atoms with Gasteiger partial charge < -0.3 is 14.7 Å². The van der Waals surface area contributed by atoms with Crippen LogP contribution in [0.4, 0.5) is 0 Å². The number of carbonyl (C=O) groups excluding carboxylic acids is 2. The Labute approximate surface area is 261 Å². The summed E-state index contributed by atoms with van der Waals surface area (Å²) in [4.78, 5) is 41.8. The molecule has 5 rings (SSSR count). The van der Waals surface area contributed by atoms with Gasteiger partial charge in [0.2, 0.25) is 0 Å². The number of halogens is 3. The Bertz CT molecular complexity index is 1480. The van der Waals surface area contributed by atoms with Gasteiger partial charge in [-0.2, -0.15) is 0 Å². The van der Waals surface area contributed by atoms with Crippen LogP contribution in [0.15, 0.2) is 58.9 Å². The van der Waals surface area contributed by atoms with Gasteiger partial charge in [0.15, 0.2) is 11.6 Å². The number of hydrogen-bond acceptors (Lipinski definition) is 5. The molecule has 0 aromatic heterocycles. The van der Waals surface area contributed by atoms with Crippen LogP contribution in [-0.4, -0.2) is 34.1 Å². The number of carbonyl (C=O) groups is 3. The zero-order valence-corrected chi connectivity index (χ0v) is 26.4. The van der Waals surface area contributed by atoms with Crippen LogP contribution in [0.1, 0.15) is 76.8 Å². The van der Waals surface area contributed by atoms with Crippen LogP contribution in [0.3, 0.4) is 0 Å². The number of rotatable bonds is 7. The molecule has 2 aromatic rings. The molecule has 2 aliphatic carbocycles. The fourth-order valence-corrected chi connectivity index (χ4v) is 7.21. The third-order valence-corrected chi connectivity index (χ3v) is 8.97. The molecule has 0 saturated carbocycles. The molecule has 1 aliphatic heterocycles. The average Bonchev–Trinajstić information content (AvgIpc) is 2.85. The molecule has 2 aromatic carbocycles. The van der Waals surface area contributed by atoms with Gasteiger partial charge in [0.05, 0.1) is 11.4 Å². The SMILES string of the molecule is CC1(C)CC(=O)C2=C(C1)N(CCC(=O)O)C1=C(C(=O)CC(C)(C)C1)C2c1cc(Cl)cc(Cl)c1OCc1ccc(Cl)cc1. The predicted molar refractivity (Wildman–Crippen MR) is 164 cm³/mol. The Kier molecular flexibility index (Phi) is 8.29. The van der Waals surface area contributed by atoms with Crippen molar-refractivity contribution in [2.24, 2.45) is 10.8 Å². The molecule has 0 atom stereocenters. The van der Waals surface area contributed by atoms with Crippen LogP contribution in [0.5, 0.6) is 5.75 Å². The molecular weight excluding hydrogens is 597 g/mol. The lowest BCUT2D eigenvalue weighted by Gasteiger charge is -2.49. The minimum atomic E-state index is -0.941. The maximum absolute atomic E-state index is 14.1. The number of carboxylic acids is 1. The number of aliphatic carboxylic acids is 1. The molecule has 0 radical (unpaired) electrons. The number of ether oxygens (including phenoxy) is 1. The standard InChI is InChI=1S/C33H34Cl3NO5/c1-32(2)13-23-29(25(38)15-32)28(30-24(37(23)10-9-27(40)41)14-33(3,4)16-26(30)39)21-11-20(35)12-22(36)31(21)42-17-18-5-7-19(34)8-6-18/h5-8,11-12,28H,9-10,13-17H2,1-4H3,(H,40,41). The van der Waals surface area contributed by atoms with Gasteiger partial charge in [-0.3, -0.25) is 14.4 Å². The quantitative estimate of drug-likeness (QED) is 0.331. The Hall–Kier alpha value is -2.80. The third kappa shape index (κ3) is 6.13. The van der Waals surface area contributed by atoms with Gasteiger partial charge in [0, 0.05) is 63.5 Å². The zero-order valence-electron chi connectivity index (χ0n) is 24.2. The van der Waals surface area contributed by atoms with E-state index in [9.17, 15) is 19.5 Å². The summed E-state index contributed by atoms with van der Waals surface area (Å²) in [5, 5.41) is 10.8. The van der Waals surface area contributed by atoms with E-state index >= 15 is 0 Å². The number of nitrogens with zero attached hydrogens (tertiary/aromatic N) is 1. The van der Waals surface area contributed by atoms with Gasteiger partial charge in [-0.25, -0.2) is 0 Å². The average molecular weight is 631 g/mol. The first-order chi connectivity index (χ1) is 19.7. The molecule has 9 heteroatoms. The van der Waals surface area contributed by atoms with Gasteiger partial charge in [0.1, 0.15) is 12.4 Å².